The Balaban J connectivity index is 2.46. The maximum Gasteiger partial charge on any atom is 0.250 e. The van der Waals surface area contributed by atoms with Gasteiger partial charge in [-0.3, -0.25) is 4.79 Å². The first kappa shape index (κ1) is 16.3. The lowest BCUT2D eigenvalue weighted by molar-refractivity contribution is 0.408. The van der Waals surface area contributed by atoms with E-state index in [0.717, 1.165) is 9.87 Å². The molecule has 0 saturated carbocycles. The van der Waals surface area contributed by atoms with E-state index in [9.17, 15) is 13.2 Å². The Morgan fingerprint density at radius 1 is 1.14 bits per heavy atom. The van der Waals surface area contributed by atoms with Crippen molar-refractivity contribution in [3.63, 3.8) is 0 Å². The first-order chi connectivity index (χ1) is 10.4. The second-order valence-electron chi connectivity index (χ2n) is 4.93. The van der Waals surface area contributed by atoms with E-state index < -0.39 is 10.0 Å². The van der Waals surface area contributed by atoms with Gasteiger partial charge in [-0.1, -0.05) is 18.2 Å². The molecule has 0 bridgehead atoms. The number of ether oxygens (including phenoxy) is 1. The number of methoxy groups -OCH3 is 1. The van der Waals surface area contributed by atoms with Gasteiger partial charge >= 0.3 is 0 Å². The molecule has 0 aliphatic carbocycles. The van der Waals surface area contributed by atoms with E-state index in [1.54, 1.807) is 13.2 Å². The summed E-state index contributed by atoms with van der Waals surface area (Å²) in [6.45, 7) is 0.236. The van der Waals surface area contributed by atoms with Gasteiger partial charge in [-0.25, -0.2) is 12.7 Å². The Bertz CT molecular complexity index is 825. The van der Waals surface area contributed by atoms with Crippen LogP contribution in [0.4, 0.5) is 0 Å². The van der Waals surface area contributed by atoms with Gasteiger partial charge in [-0.15, -0.1) is 0 Å². The maximum atomic E-state index is 12.2. The van der Waals surface area contributed by atoms with Crippen LogP contribution in [0, 0.1) is 0 Å². The lowest BCUT2D eigenvalue weighted by Gasteiger charge is -2.14. The summed E-state index contributed by atoms with van der Waals surface area (Å²) in [4.78, 5) is 12.1. The van der Waals surface area contributed by atoms with Crippen molar-refractivity contribution in [1.29, 1.82) is 0 Å². The molecule has 2 rings (SSSR count). The Kier molecular flexibility index (Phi) is 4.68. The van der Waals surface area contributed by atoms with Gasteiger partial charge in [0, 0.05) is 31.9 Å². The molecule has 6 nitrogen and oxygen atoms in total. The number of pyridine rings is 1. The monoisotopic (exact) mass is 322 g/mol. The van der Waals surface area contributed by atoms with Crippen molar-refractivity contribution in [2.45, 2.75) is 11.4 Å². The molecule has 0 N–H and O–H groups in total. The summed E-state index contributed by atoms with van der Waals surface area (Å²) in [5.74, 6) is 0.648. The van der Waals surface area contributed by atoms with Crippen LogP contribution in [0.5, 0.6) is 5.75 Å². The lowest BCUT2D eigenvalue weighted by Crippen LogP contribution is -2.26. The zero-order chi connectivity index (χ0) is 16.3. The largest absolute Gasteiger partial charge is 0.496 e. The molecule has 0 amide bonds. The molecular weight excluding hydrogens is 304 g/mol. The highest BCUT2D eigenvalue weighted by Gasteiger charge is 2.18. The summed E-state index contributed by atoms with van der Waals surface area (Å²) >= 11 is 0. The van der Waals surface area contributed by atoms with Crippen LogP contribution in [-0.2, 0) is 16.6 Å². The van der Waals surface area contributed by atoms with Gasteiger partial charge in [-0.2, -0.15) is 0 Å². The SMILES string of the molecule is COc1ccccc1Cn1cc(S(=O)(=O)N(C)C)ccc1=O. The van der Waals surface area contributed by atoms with Gasteiger partial charge in [0.15, 0.2) is 0 Å². The summed E-state index contributed by atoms with van der Waals surface area (Å²) < 4.78 is 32.0. The number of aromatic nitrogens is 1. The highest BCUT2D eigenvalue weighted by molar-refractivity contribution is 7.89. The van der Waals surface area contributed by atoms with E-state index in [0.29, 0.717) is 5.75 Å². The first-order valence-electron chi connectivity index (χ1n) is 6.61. The van der Waals surface area contributed by atoms with Gasteiger partial charge in [0.05, 0.1) is 18.6 Å². The number of sulfonamides is 1. The van der Waals surface area contributed by atoms with Crippen LogP contribution in [0.1, 0.15) is 5.56 Å². The summed E-state index contributed by atoms with van der Waals surface area (Å²) in [5.41, 5.74) is 0.523. The third-order valence-corrected chi connectivity index (χ3v) is 5.07. The van der Waals surface area contributed by atoms with E-state index in [-0.39, 0.29) is 17.0 Å². The van der Waals surface area contributed by atoms with Gasteiger partial charge in [0.1, 0.15) is 5.75 Å². The van der Waals surface area contributed by atoms with Gasteiger partial charge in [-0.05, 0) is 12.1 Å². The fourth-order valence-corrected chi connectivity index (χ4v) is 2.94. The molecule has 1 aromatic carbocycles. The summed E-state index contributed by atoms with van der Waals surface area (Å²) in [7, 11) is 0.867. The van der Waals surface area contributed by atoms with E-state index in [1.165, 1.54) is 37.0 Å². The average Bonchev–Trinajstić information content (AvgIpc) is 2.49. The zero-order valence-corrected chi connectivity index (χ0v) is 13.5. The van der Waals surface area contributed by atoms with Crippen molar-refractivity contribution in [2.75, 3.05) is 21.2 Å². The smallest absolute Gasteiger partial charge is 0.250 e. The normalized spacial score (nSPS) is 11.6. The van der Waals surface area contributed by atoms with Gasteiger partial charge < -0.3 is 9.30 Å². The van der Waals surface area contributed by atoms with Crippen molar-refractivity contribution < 1.29 is 13.2 Å². The van der Waals surface area contributed by atoms with Crippen molar-refractivity contribution >= 4 is 10.0 Å². The Morgan fingerprint density at radius 3 is 2.45 bits per heavy atom. The average molecular weight is 322 g/mol. The number of hydrogen-bond acceptors (Lipinski definition) is 4. The Labute approximate surface area is 129 Å². The fourth-order valence-electron chi connectivity index (χ4n) is 2.01. The highest BCUT2D eigenvalue weighted by atomic mass is 32.2. The molecule has 0 unspecified atom stereocenters. The molecule has 118 valence electrons. The molecule has 0 aliphatic rings. The van der Waals surface area contributed by atoms with Crippen LogP contribution < -0.4 is 10.3 Å². The van der Waals surface area contributed by atoms with Crippen LogP contribution in [-0.4, -0.2) is 38.5 Å². The van der Waals surface area contributed by atoms with Crippen molar-refractivity contribution in [1.82, 2.24) is 8.87 Å². The van der Waals surface area contributed by atoms with Crippen LogP contribution in [0.2, 0.25) is 0 Å². The number of rotatable bonds is 5. The van der Waals surface area contributed by atoms with Crippen molar-refractivity contribution in [3.8, 4) is 5.75 Å². The lowest BCUT2D eigenvalue weighted by atomic mass is 10.2. The third kappa shape index (κ3) is 3.20. The Morgan fingerprint density at radius 2 is 1.82 bits per heavy atom. The molecule has 22 heavy (non-hydrogen) atoms. The molecule has 0 atom stereocenters. The zero-order valence-electron chi connectivity index (χ0n) is 12.7. The summed E-state index contributed by atoms with van der Waals surface area (Å²) in [6.07, 6.45) is 1.35. The minimum atomic E-state index is -3.58. The Hall–Kier alpha value is -2.12. The number of hydrogen-bond donors (Lipinski definition) is 0. The van der Waals surface area contributed by atoms with Gasteiger partial charge in [0.25, 0.3) is 5.56 Å². The molecule has 0 aliphatic heterocycles. The summed E-state index contributed by atoms with van der Waals surface area (Å²) in [5, 5.41) is 0. The standard InChI is InChI=1S/C15H18N2O4S/c1-16(2)22(19,20)13-8-9-15(18)17(11-13)10-12-6-4-5-7-14(12)21-3/h4-9,11H,10H2,1-3H3. The van der Waals surface area contributed by atoms with Crippen LogP contribution in [0.25, 0.3) is 0 Å². The molecule has 7 heteroatoms. The summed E-state index contributed by atoms with van der Waals surface area (Å²) in [6, 6.07) is 9.86. The van der Waals surface area contributed by atoms with E-state index >= 15 is 0 Å². The number of para-hydroxylation sites is 1. The van der Waals surface area contributed by atoms with Crippen LogP contribution >= 0.6 is 0 Å². The minimum absolute atomic E-state index is 0.0759. The van der Waals surface area contributed by atoms with Crippen LogP contribution in [0.15, 0.2) is 52.3 Å². The topological polar surface area (TPSA) is 68.6 Å². The molecule has 0 spiro atoms. The third-order valence-electron chi connectivity index (χ3n) is 3.27. The maximum absolute atomic E-state index is 12.2. The molecule has 2 aromatic rings. The van der Waals surface area contributed by atoms with E-state index in [2.05, 4.69) is 0 Å². The minimum Gasteiger partial charge on any atom is -0.496 e. The van der Waals surface area contributed by atoms with Crippen LogP contribution in [0.3, 0.4) is 0 Å². The number of nitrogens with zero attached hydrogens (tertiary/aromatic N) is 2. The second-order valence-corrected chi connectivity index (χ2v) is 7.08. The molecule has 0 fully saturated rings. The van der Waals surface area contributed by atoms with E-state index in [4.69, 9.17) is 4.74 Å². The predicted molar refractivity (Wildman–Crippen MR) is 83.7 cm³/mol. The first-order valence-corrected chi connectivity index (χ1v) is 8.05. The molecule has 0 radical (unpaired) electrons. The van der Waals surface area contributed by atoms with E-state index in [1.807, 2.05) is 18.2 Å². The fraction of sp³-hybridized carbons (Fsp3) is 0.267. The van der Waals surface area contributed by atoms with Crippen molar-refractivity contribution in [2.24, 2.45) is 0 Å². The molecule has 0 saturated heterocycles. The molecular formula is C15H18N2O4S. The predicted octanol–water partition coefficient (Wildman–Crippen LogP) is 1.16. The van der Waals surface area contributed by atoms with Crippen molar-refractivity contribution in [3.05, 3.63) is 58.5 Å². The molecule has 1 aromatic heterocycles. The second kappa shape index (κ2) is 6.33. The van der Waals surface area contributed by atoms with Gasteiger partial charge in [0.2, 0.25) is 10.0 Å². The quantitative estimate of drug-likeness (QED) is 0.828. The number of benzene rings is 1. The highest BCUT2D eigenvalue weighted by Crippen LogP contribution is 2.18. The molecule has 1 heterocycles.